The maximum atomic E-state index is 12.1. The normalized spacial score (nSPS) is 16.8. The van der Waals surface area contributed by atoms with E-state index in [1.807, 2.05) is 31.2 Å². The quantitative estimate of drug-likeness (QED) is 0.754. The van der Waals surface area contributed by atoms with E-state index in [9.17, 15) is 4.79 Å². The van der Waals surface area contributed by atoms with Crippen LogP contribution >= 0.6 is 11.6 Å². The Morgan fingerprint density at radius 2 is 2.09 bits per heavy atom. The average Bonchev–Trinajstić information content (AvgIpc) is 3.20. The molecule has 0 radical (unpaired) electrons. The highest BCUT2D eigenvalue weighted by Gasteiger charge is 2.57. The van der Waals surface area contributed by atoms with Gasteiger partial charge in [0, 0.05) is 10.9 Å². The fourth-order valence-corrected chi connectivity index (χ4v) is 2.72. The van der Waals surface area contributed by atoms with Crippen LogP contribution in [0.25, 0.3) is 0 Å². The van der Waals surface area contributed by atoms with E-state index in [4.69, 9.17) is 20.9 Å². The van der Waals surface area contributed by atoms with Crippen LogP contribution in [0.3, 0.4) is 0 Å². The lowest BCUT2D eigenvalue weighted by atomic mass is 10.0. The molecule has 23 heavy (non-hydrogen) atoms. The van der Waals surface area contributed by atoms with Crippen LogP contribution in [-0.4, -0.2) is 22.7 Å². The third kappa shape index (κ3) is 3.24. The maximum absolute atomic E-state index is 12.1. The van der Waals surface area contributed by atoms with Gasteiger partial charge in [0.2, 0.25) is 5.89 Å². The van der Waals surface area contributed by atoms with Crippen LogP contribution in [0.2, 0.25) is 5.02 Å². The first-order valence-electron chi connectivity index (χ1n) is 7.81. The van der Waals surface area contributed by atoms with Crippen LogP contribution < -0.4 is 0 Å². The number of carbonyl (C=O) groups excluding carboxylic acids is 1. The molecule has 1 aromatic carbocycles. The first-order valence-corrected chi connectivity index (χ1v) is 8.18. The van der Waals surface area contributed by atoms with Crippen molar-refractivity contribution in [3.05, 3.63) is 46.6 Å². The minimum absolute atomic E-state index is 0.0895. The molecule has 0 N–H and O–H groups in total. The molecule has 3 rings (SSSR count). The van der Waals surface area contributed by atoms with Crippen LogP contribution in [0.1, 0.15) is 49.9 Å². The molecule has 0 aliphatic heterocycles. The van der Waals surface area contributed by atoms with Crippen molar-refractivity contribution >= 4 is 17.6 Å². The summed E-state index contributed by atoms with van der Waals surface area (Å²) in [5.41, 5.74) is 0.445. The van der Waals surface area contributed by atoms with E-state index >= 15 is 0 Å². The summed E-state index contributed by atoms with van der Waals surface area (Å²) in [4.78, 5) is 16.5. The lowest BCUT2D eigenvalue weighted by Gasteiger charge is -2.09. The molecular weight excluding hydrogens is 316 g/mol. The second-order valence-electron chi connectivity index (χ2n) is 5.99. The molecule has 2 aromatic rings. The topological polar surface area (TPSA) is 65.2 Å². The first kappa shape index (κ1) is 16.0. The second kappa shape index (κ2) is 6.32. The summed E-state index contributed by atoms with van der Waals surface area (Å²) in [6.45, 7) is 4.18. The number of halogens is 1. The molecule has 0 amide bonds. The number of esters is 1. The molecule has 0 unspecified atom stereocenters. The molecule has 1 atom stereocenters. The number of hydrogen-bond acceptors (Lipinski definition) is 5. The summed E-state index contributed by atoms with van der Waals surface area (Å²) < 4.78 is 10.5. The van der Waals surface area contributed by atoms with Crippen molar-refractivity contribution in [2.75, 3.05) is 6.61 Å². The van der Waals surface area contributed by atoms with E-state index in [0.29, 0.717) is 36.2 Å². The smallest absolute Gasteiger partial charge is 0.321 e. The molecule has 6 heteroatoms. The van der Waals surface area contributed by atoms with Gasteiger partial charge >= 0.3 is 5.97 Å². The van der Waals surface area contributed by atoms with Crippen molar-refractivity contribution in [2.45, 2.75) is 44.4 Å². The Morgan fingerprint density at radius 3 is 2.70 bits per heavy atom. The molecule has 0 spiro atoms. The number of hydrogen-bond donors (Lipinski definition) is 0. The summed E-state index contributed by atoms with van der Waals surface area (Å²) in [6, 6.07) is 7.71. The van der Waals surface area contributed by atoms with Crippen molar-refractivity contribution in [2.24, 2.45) is 0 Å². The summed E-state index contributed by atoms with van der Waals surface area (Å²) in [7, 11) is 0. The number of carbonyl (C=O) groups is 1. The van der Waals surface area contributed by atoms with Gasteiger partial charge < -0.3 is 9.26 Å². The lowest BCUT2D eigenvalue weighted by Crippen LogP contribution is -2.23. The standard InChI is InChI=1S/C17H19ClN2O3/c1-3-22-16(21)17(8-9-17)15-19-14(20-23-15)11(2)10-12-4-6-13(18)7-5-12/h4-7,11H,3,8-10H2,1-2H3/t11-/m0/s1. The van der Waals surface area contributed by atoms with Crippen LogP contribution in [0.15, 0.2) is 28.8 Å². The number of nitrogens with zero attached hydrogens (tertiary/aromatic N) is 2. The third-order valence-corrected chi connectivity index (χ3v) is 4.42. The van der Waals surface area contributed by atoms with E-state index in [1.165, 1.54) is 0 Å². The number of ether oxygens (including phenoxy) is 1. The van der Waals surface area contributed by atoms with Crippen molar-refractivity contribution in [1.29, 1.82) is 0 Å². The predicted molar refractivity (Wildman–Crippen MR) is 85.4 cm³/mol. The van der Waals surface area contributed by atoms with Crippen LogP contribution in [0, 0.1) is 0 Å². The van der Waals surface area contributed by atoms with Crippen molar-refractivity contribution < 1.29 is 14.1 Å². The minimum Gasteiger partial charge on any atom is -0.465 e. The molecule has 0 bridgehead atoms. The zero-order chi connectivity index (χ0) is 16.4. The molecule has 0 saturated heterocycles. The summed E-state index contributed by atoms with van der Waals surface area (Å²) in [5, 5.41) is 4.77. The third-order valence-electron chi connectivity index (χ3n) is 4.16. The Hall–Kier alpha value is -1.88. The Balaban J connectivity index is 1.71. The van der Waals surface area contributed by atoms with Gasteiger partial charge in [-0.05, 0) is 43.9 Å². The first-order chi connectivity index (χ1) is 11.0. The van der Waals surface area contributed by atoms with Crippen LogP contribution in [0.4, 0.5) is 0 Å². The Kier molecular flexibility index (Phi) is 4.39. The average molecular weight is 335 g/mol. The largest absolute Gasteiger partial charge is 0.465 e. The van der Waals surface area contributed by atoms with Crippen molar-refractivity contribution in [3.63, 3.8) is 0 Å². The van der Waals surface area contributed by atoms with Gasteiger partial charge in [0.1, 0.15) is 5.41 Å². The highest BCUT2D eigenvalue weighted by molar-refractivity contribution is 6.30. The van der Waals surface area contributed by atoms with Gasteiger partial charge in [0.05, 0.1) is 6.61 Å². The van der Waals surface area contributed by atoms with Gasteiger partial charge in [-0.1, -0.05) is 35.8 Å². The van der Waals surface area contributed by atoms with Crippen LogP contribution in [-0.2, 0) is 21.4 Å². The molecule has 1 aromatic heterocycles. The highest BCUT2D eigenvalue weighted by Crippen LogP contribution is 2.48. The van der Waals surface area contributed by atoms with Gasteiger partial charge in [-0.25, -0.2) is 0 Å². The summed E-state index contributed by atoms with van der Waals surface area (Å²) >= 11 is 5.90. The van der Waals surface area contributed by atoms with Crippen LogP contribution in [0.5, 0.6) is 0 Å². The Bertz CT molecular complexity index is 692. The Labute approximate surface area is 140 Å². The number of rotatable bonds is 6. The van der Waals surface area contributed by atoms with Gasteiger partial charge in [-0.2, -0.15) is 4.98 Å². The van der Waals surface area contributed by atoms with Crippen molar-refractivity contribution in [1.82, 2.24) is 10.1 Å². The molecule has 1 heterocycles. The fourth-order valence-electron chi connectivity index (χ4n) is 2.59. The Morgan fingerprint density at radius 1 is 1.39 bits per heavy atom. The van der Waals surface area contributed by atoms with E-state index in [-0.39, 0.29) is 11.9 Å². The molecule has 1 aliphatic rings. The number of aromatic nitrogens is 2. The molecule has 5 nitrogen and oxygen atoms in total. The van der Waals surface area contributed by atoms with E-state index in [0.717, 1.165) is 12.0 Å². The van der Waals surface area contributed by atoms with E-state index in [1.54, 1.807) is 6.92 Å². The predicted octanol–water partition coefficient (Wildman–Crippen LogP) is 3.66. The zero-order valence-corrected chi connectivity index (χ0v) is 14.0. The molecule has 122 valence electrons. The SMILES string of the molecule is CCOC(=O)C1(c2nc([C@@H](C)Cc3ccc(Cl)cc3)no2)CC1. The lowest BCUT2D eigenvalue weighted by molar-refractivity contribution is -0.146. The van der Waals surface area contributed by atoms with Gasteiger partial charge in [0.15, 0.2) is 5.82 Å². The van der Waals surface area contributed by atoms with Gasteiger partial charge in [-0.15, -0.1) is 0 Å². The monoisotopic (exact) mass is 334 g/mol. The minimum atomic E-state index is -0.707. The molecule has 1 saturated carbocycles. The summed E-state index contributed by atoms with van der Waals surface area (Å²) in [5.74, 6) is 0.826. The molecule has 1 fully saturated rings. The highest BCUT2D eigenvalue weighted by atomic mass is 35.5. The molecular formula is C17H19ClN2O3. The van der Waals surface area contributed by atoms with Crippen molar-refractivity contribution in [3.8, 4) is 0 Å². The van der Waals surface area contributed by atoms with Gasteiger partial charge in [-0.3, -0.25) is 4.79 Å². The second-order valence-corrected chi connectivity index (χ2v) is 6.43. The molecule has 1 aliphatic carbocycles. The number of benzene rings is 1. The van der Waals surface area contributed by atoms with Gasteiger partial charge in [0.25, 0.3) is 0 Å². The maximum Gasteiger partial charge on any atom is 0.321 e. The van der Waals surface area contributed by atoms with E-state index < -0.39 is 5.41 Å². The van der Waals surface area contributed by atoms with E-state index in [2.05, 4.69) is 10.1 Å². The zero-order valence-electron chi connectivity index (χ0n) is 13.2. The fraction of sp³-hybridized carbons (Fsp3) is 0.471. The summed E-state index contributed by atoms with van der Waals surface area (Å²) in [6.07, 6.45) is 2.20.